The molecule has 1 aliphatic rings. The van der Waals surface area contributed by atoms with E-state index >= 15 is 0 Å². The van der Waals surface area contributed by atoms with Gasteiger partial charge < -0.3 is 5.11 Å². The number of rotatable bonds is 5. The fourth-order valence-corrected chi connectivity index (χ4v) is 1.81. The third-order valence-electron chi connectivity index (χ3n) is 2.81. The summed E-state index contributed by atoms with van der Waals surface area (Å²) in [6.07, 6.45) is 4.64. The minimum absolute atomic E-state index is 0.0882. The zero-order chi connectivity index (χ0) is 11.7. The number of carbonyl (C=O) groups excluding carboxylic acids is 1. The van der Waals surface area contributed by atoms with Crippen LogP contribution >= 0.6 is 0 Å². The third kappa shape index (κ3) is 1.98. The molecule has 0 amide bonds. The molecule has 1 saturated carbocycles. The SMILES string of the molecule is CCCn1cc(C(=O)C2CC2C(=O)O)cn1. The monoisotopic (exact) mass is 222 g/mol. The molecule has 16 heavy (non-hydrogen) atoms. The maximum atomic E-state index is 11.8. The van der Waals surface area contributed by atoms with Crippen molar-refractivity contribution in [3.05, 3.63) is 18.0 Å². The minimum atomic E-state index is -0.876. The Balaban J connectivity index is 2.02. The molecule has 86 valence electrons. The highest BCUT2D eigenvalue weighted by atomic mass is 16.4. The van der Waals surface area contributed by atoms with Crippen LogP contribution in [0, 0.1) is 11.8 Å². The second-order valence-corrected chi connectivity index (χ2v) is 4.14. The van der Waals surface area contributed by atoms with E-state index in [0.717, 1.165) is 13.0 Å². The molecule has 2 unspecified atom stereocenters. The molecule has 1 heterocycles. The summed E-state index contributed by atoms with van der Waals surface area (Å²) in [6.45, 7) is 2.81. The number of aliphatic carboxylic acids is 1. The summed E-state index contributed by atoms with van der Waals surface area (Å²) in [7, 11) is 0. The van der Waals surface area contributed by atoms with Crippen LogP contribution in [0.1, 0.15) is 30.1 Å². The smallest absolute Gasteiger partial charge is 0.307 e. The van der Waals surface area contributed by atoms with E-state index in [1.807, 2.05) is 6.92 Å². The predicted octanol–water partition coefficient (Wildman–Crippen LogP) is 1.20. The number of carboxylic acid groups (broad SMARTS) is 1. The molecule has 0 bridgehead atoms. The first kappa shape index (κ1) is 10.9. The Bertz CT molecular complexity index is 425. The normalized spacial score (nSPS) is 23.1. The Kier molecular flexibility index (Phi) is 2.77. The predicted molar refractivity (Wildman–Crippen MR) is 56.1 cm³/mol. The van der Waals surface area contributed by atoms with Gasteiger partial charge in [0.25, 0.3) is 0 Å². The van der Waals surface area contributed by atoms with Gasteiger partial charge in [-0.15, -0.1) is 0 Å². The van der Waals surface area contributed by atoms with Crippen molar-refractivity contribution >= 4 is 11.8 Å². The Morgan fingerprint density at radius 2 is 2.31 bits per heavy atom. The van der Waals surface area contributed by atoms with Gasteiger partial charge in [-0.2, -0.15) is 5.10 Å². The van der Waals surface area contributed by atoms with Gasteiger partial charge in [0.2, 0.25) is 0 Å². The summed E-state index contributed by atoms with van der Waals surface area (Å²) in [6, 6.07) is 0. The molecule has 5 heteroatoms. The molecule has 0 aliphatic heterocycles. The van der Waals surface area contributed by atoms with Gasteiger partial charge in [-0.1, -0.05) is 6.92 Å². The van der Waals surface area contributed by atoms with Gasteiger partial charge in [0.05, 0.1) is 17.7 Å². The van der Waals surface area contributed by atoms with Crippen molar-refractivity contribution in [2.24, 2.45) is 11.8 Å². The Morgan fingerprint density at radius 1 is 1.56 bits per heavy atom. The number of aryl methyl sites for hydroxylation is 1. The number of ketones is 1. The van der Waals surface area contributed by atoms with Gasteiger partial charge in [-0.3, -0.25) is 14.3 Å². The third-order valence-corrected chi connectivity index (χ3v) is 2.81. The minimum Gasteiger partial charge on any atom is -0.481 e. The maximum absolute atomic E-state index is 11.8. The Hall–Kier alpha value is -1.65. The zero-order valence-electron chi connectivity index (χ0n) is 9.09. The number of carboxylic acids is 1. The van der Waals surface area contributed by atoms with E-state index in [-0.39, 0.29) is 11.7 Å². The number of carbonyl (C=O) groups is 2. The van der Waals surface area contributed by atoms with Crippen LogP contribution in [0.4, 0.5) is 0 Å². The van der Waals surface area contributed by atoms with Crippen molar-refractivity contribution < 1.29 is 14.7 Å². The highest BCUT2D eigenvalue weighted by molar-refractivity contribution is 6.02. The quantitative estimate of drug-likeness (QED) is 0.760. The molecule has 0 radical (unpaired) electrons. The van der Waals surface area contributed by atoms with Crippen molar-refractivity contribution in [3.8, 4) is 0 Å². The lowest BCUT2D eigenvalue weighted by atomic mass is 10.1. The lowest BCUT2D eigenvalue weighted by molar-refractivity contribution is -0.138. The largest absolute Gasteiger partial charge is 0.481 e. The average Bonchev–Trinajstić information content (AvgIpc) is 2.92. The first-order valence-electron chi connectivity index (χ1n) is 5.43. The topological polar surface area (TPSA) is 72.2 Å². The van der Waals surface area contributed by atoms with Crippen LogP contribution in [0.25, 0.3) is 0 Å². The summed E-state index contributed by atoms with van der Waals surface area (Å²) in [4.78, 5) is 22.5. The lowest BCUT2D eigenvalue weighted by Gasteiger charge is -1.95. The van der Waals surface area contributed by atoms with Crippen LogP contribution in [0.3, 0.4) is 0 Å². The van der Waals surface area contributed by atoms with Crippen molar-refractivity contribution in [1.82, 2.24) is 9.78 Å². The second-order valence-electron chi connectivity index (χ2n) is 4.14. The summed E-state index contributed by atoms with van der Waals surface area (Å²) in [5, 5.41) is 12.8. The molecule has 5 nitrogen and oxygen atoms in total. The molecular formula is C11H14N2O3. The number of Topliss-reactive ketones (excluding diaryl/α,β-unsaturated/α-hetero) is 1. The molecule has 1 N–H and O–H groups in total. The summed E-state index contributed by atoms with van der Waals surface area (Å²) < 4.78 is 1.71. The van der Waals surface area contributed by atoms with Crippen molar-refractivity contribution in [2.75, 3.05) is 0 Å². The van der Waals surface area contributed by atoms with E-state index in [1.165, 1.54) is 6.20 Å². The molecule has 1 aliphatic carbocycles. The van der Waals surface area contributed by atoms with E-state index in [9.17, 15) is 9.59 Å². The molecule has 2 rings (SSSR count). The van der Waals surface area contributed by atoms with Crippen LogP contribution < -0.4 is 0 Å². The molecule has 1 aromatic heterocycles. The van der Waals surface area contributed by atoms with Crippen molar-refractivity contribution in [1.29, 1.82) is 0 Å². The van der Waals surface area contributed by atoms with E-state index in [0.29, 0.717) is 12.0 Å². The molecule has 1 aromatic rings. The average molecular weight is 222 g/mol. The summed E-state index contributed by atoms with van der Waals surface area (Å²) in [5.41, 5.74) is 0.530. The fraction of sp³-hybridized carbons (Fsp3) is 0.545. The van der Waals surface area contributed by atoms with Gasteiger partial charge in [-0.25, -0.2) is 0 Å². The van der Waals surface area contributed by atoms with Gasteiger partial charge in [0, 0.05) is 18.7 Å². The molecule has 0 saturated heterocycles. The van der Waals surface area contributed by atoms with E-state index < -0.39 is 11.9 Å². The molecule has 2 atom stereocenters. The zero-order valence-corrected chi connectivity index (χ0v) is 9.09. The van der Waals surface area contributed by atoms with Crippen LogP contribution in [-0.4, -0.2) is 26.6 Å². The van der Waals surface area contributed by atoms with E-state index in [4.69, 9.17) is 5.11 Å². The molecular weight excluding hydrogens is 208 g/mol. The van der Waals surface area contributed by atoms with Gasteiger partial charge in [0.1, 0.15) is 0 Å². The van der Waals surface area contributed by atoms with Crippen molar-refractivity contribution in [3.63, 3.8) is 0 Å². The number of aromatic nitrogens is 2. The second kappa shape index (κ2) is 4.08. The first-order valence-corrected chi connectivity index (χ1v) is 5.43. The number of hydrogen-bond acceptors (Lipinski definition) is 3. The summed E-state index contributed by atoms with van der Waals surface area (Å²) in [5.74, 6) is -1.78. The summed E-state index contributed by atoms with van der Waals surface area (Å²) >= 11 is 0. The standard InChI is InChI=1S/C11H14N2O3/c1-2-3-13-6-7(5-12-13)10(14)8-4-9(8)11(15)16/h5-6,8-9H,2-4H2,1H3,(H,15,16). The fourth-order valence-electron chi connectivity index (χ4n) is 1.81. The van der Waals surface area contributed by atoms with Crippen LogP contribution in [0.15, 0.2) is 12.4 Å². The van der Waals surface area contributed by atoms with E-state index in [2.05, 4.69) is 5.10 Å². The highest BCUT2D eigenvalue weighted by Gasteiger charge is 2.48. The number of hydrogen-bond donors (Lipinski definition) is 1. The maximum Gasteiger partial charge on any atom is 0.307 e. The highest BCUT2D eigenvalue weighted by Crippen LogP contribution is 2.40. The molecule has 0 spiro atoms. The van der Waals surface area contributed by atoms with Gasteiger partial charge in [0.15, 0.2) is 5.78 Å². The molecule has 0 aromatic carbocycles. The van der Waals surface area contributed by atoms with Gasteiger partial charge in [-0.05, 0) is 12.8 Å². The Morgan fingerprint density at radius 3 is 2.88 bits per heavy atom. The lowest BCUT2D eigenvalue weighted by Crippen LogP contribution is -2.07. The number of nitrogens with zero attached hydrogens (tertiary/aromatic N) is 2. The van der Waals surface area contributed by atoms with Crippen LogP contribution in [0.5, 0.6) is 0 Å². The van der Waals surface area contributed by atoms with Crippen molar-refractivity contribution in [2.45, 2.75) is 26.3 Å². The Labute approximate surface area is 93.1 Å². The first-order chi connectivity index (χ1) is 7.63. The van der Waals surface area contributed by atoms with Gasteiger partial charge >= 0.3 is 5.97 Å². The molecule has 1 fully saturated rings. The van der Waals surface area contributed by atoms with Crippen LogP contribution in [-0.2, 0) is 11.3 Å². The van der Waals surface area contributed by atoms with Crippen LogP contribution in [0.2, 0.25) is 0 Å². The van der Waals surface area contributed by atoms with E-state index in [1.54, 1.807) is 10.9 Å².